The maximum Gasteiger partial charge on any atom is 0.243 e. The summed E-state index contributed by atoms with van der Waals surface area (Å²) in [5.41, 5.74) is 0. The van der Waals surface area contributed by atoms with Crippen LogP contribution in [0.25, 0.3) is 0 Å². The first-order chi connectivity index (χ1) is 8.90. The number of hydrogen-bond donors (Lipinski definition) is 2. The van der Waals surface area contributed by atoms with Gasteiger partial charge in [0.2, 0.25) is 10.0 Å². The molecule has 2 atom stereocenters. The molecule has 0 spiro atoms. The second kappa shape index (κ2) is 6.28. The number of hydrogen-bond acceptors (Lipinski definition) is 4. The van der Waals surface area contributed by atoms with E-state index in [2.05, 4.69) is 4.72 Å². The van der Waals surface area contributed by atoms with Gasteiger partial charge in [0.05, 0.1) is 10.4 Å². The molecule has 0 bridgehead atoms. The van der Waals surface area contributed by atoms with Crippen molar-refractivity contribution in [2.75, 3.05) is 0 Å². The van der Waals surface area contributed by atoms with Crippen molar-refractivity contribution in [1.82, 2.24) is 4.72 Å². The SMILES string of the molecule is O=S(=O)(NC1CCCCCC1O)c1cc(Cl)sc1Cl. The van der Waals surface area contributed by atoms with E-state index in [1.165, 1.54) is 6.07 Å². The summed E-state index contributed by atoms with van der Waals surface area (Å²) in [4.78, 5) is -0.0133. The van der Waals surface area contributed by atoms with E-state index >= 15 is 0 Å². The molecule has 2 unspecified atom stereocenters. The fourth-order valence-electron chi connectivity index (χ4n) is 2.20. The molecule has 1 saturated carbocycles. The van der Waals surface area contributed by atoms with Gasteiger partial charge in [-0.15, -0.1) is 11.3 Å². The molecule has 1 fully saturated rings. The average Bonchev–Trinajstić information content (AvgIpc) is 2.54. The molecule has 1 heterocycles. The van der Waals surface area contributed by atoms with Gasteiger partial charge in [0.1, 0.15) is 9.23 Å². The van der Waals surface area contributed by atoms with Crippen molar-refractivity contribution in [3.05, 3.63) is 14.7 Å². The summed E-state index contributed by atoms with van der Waals surface area (Å²) in [6.45, 7) is 0. The van der Waals surface area contributed by atoms with Crippen LogP contribution in [0.15, 0.2) is 11.0 Å². The van der Waals surface area contributed by atoms with Gasteiger partial charge in [0.15, 0.2) is 0 Å². The lowest BCUT2D eigenvalue weighted by atomic mass is 10.1. The smallest absolute Gasteiger partial charge is 0.243 e. The second-order valence-electron chi connectivity index (χ2n) is 4.62. The highest BCUT2D eigenvalue weighted by Gasteiger charge is 2.29. The Bertz CT molecular complexity index is 544. The summed E-state index contributed by atoms with van der Waals surface area (Å²) in [6.07, 6.45) is 3.44. The Morgan fingerprint density at radius 1 is 1.26 bits per heavy atom. The Morgan fingerprint density at radius 2 is 1.95 bits per heavy atom. The first-order valence-electron chi connectivity index (χ1n) is 6.05. The van der Waals surface area contributed by atoms with Crippen molar-refractivity contribution in [2.24, 2.45) is 0 Å². The lowest BCUT2D eigenvalue weighted by molar-refractivity contribution is 0.130. The highest BCUT2D eigenvalue weighted by molar-refractivity contribution is 7.89. The average molecular weight is 344 g/mol. The Morgan fingerprint density at radius 3 is 2.58 bits per heavy atom. The number of nitrogens with one attached hydrogen (secondary N) is 1. The molecular formula is C11H15Cl2NO3S2. The van der Waals surface area contributed by atoms with Gasteiger partial charge in [-0.05, 0) is 18.9 Å². The molecule has 4 nitrogen and oxygen atoms in total. The minimum atomic E-state index is -3.73. The van der Waals surface area contributed by atoms with Crippen LogP contribution in [0.4, 0.5) is 0 Å². The van der Waals surface area contributed by atoms with Crippen molar-refractivity contribution in [3.63, 3.8) is 0 Å². The van der Waals surface area contributed by atoms with E-state index in [0.29, 0.717) is 17.2 Å². The molecule has 0 radical (unpaired) electrons. The quantitative estimate of drug-likeness (QED) is 0.829. The molecule has 1 aromatic heterocycles. The first kappa shape index (κ1) is 15.5. The van der Waals surface area contributed by atoms with Gasteiger partial charge in [-0.2, -0.15) is 0 Å². The molecular weight excluding hydrogens is 329 g/mol. The minimum Gasteiger partial charge on any atom is -0.391 e. The van der Waals surface area contributed by atoms with E-state index in [1.807, 2.05) is 0 Å². The number of aliphatic hydroxyl groups is 1. The van der Waals surface area contributed by atoms with E-state index in [4.69, 9.17) is 23.2 Å². The van der Waals surface area contributed by atoms with Crippen LogP contribution < -0.4 is 4.72 Å². The molecule has 1 aliphatic carbocycles. The van der Waals surface area contributed by atoms with Gasteiger partial charge in [-0.3, -0.25) is 0 Å². The molecule has 0 aromatic carbocycles. The Kier molecular flexibility index (Phi) is 5.14. The molecule has 8 heteroatoms. The van der Waals surface area contributed by atoms with Gasteiger partial charge in [-0.1, -0.05) is 42.5 Å². The van der Waals surface area contributed by atoms with E-state index in [-0.39, 0.29) is 9.23 Å². The van der Waals surface area contributed by atoms with E-state index in [1.54, 1.807) is 0 Å². The van der Waals surface area contributed by atoms with Gasteiger partial charge in [0.25, 0.3) is 0 Å². The Labute approximate surface area is 126 Å². The molecule has 108 valence electrons. The monoisotopic (exact) mass is 343 g/mol. The van der Waals surface area contributed by atoms with Crippen LogP contribution >= 0.6 is 34.5 Å². The normalized spacial score (nSPS) is 25.2. The molecule has 1 aliphatic rings. The van der Waals surface area contributed by atoms with Crippen LogP contribution in [-0.4, -0.2) is 25.7 Å². The van der Waals surface area contributed by atoms with Crippen LogP contribution in [0, 0.1) is 0 Å². The van der Waals surface area contributed by atoms with Gasteiger partial charge < -0.3 is 5.11 Å². The second-order valence-corrected chi connectivity index (χ2v) is 8.59. The molecule has 0 amide bonds. The zero-order chi connectivity index (χ0) is 14.0. The maximum absolute atomic E-state index is 12.2. The minimum absolute atomic E-state index is 0.0133. The first-order valence-corrected chi connectivity index (χ1v) is 9.11. The van der Waals surface area contributed by atoms with Gasteiger partial charge in [-0.25, -0.2) is 13.1 Å². The van der Waals surface area contributed by atoms with Crippen LogP contribution in [0.3, 0.4) is 0 Å². The van der Waals surface area contributed by atoms with E-state index in [0.717, 1.165) is 30.6 Å². The summed E-state index contributed by atoms with van der Waals surface area (Å²) in [6, 6.07) is 0.877. The van der Waals surface area contributed by atoms with Crippen molar-refractivity contribution >= 4 is 44.6 Å². The summed E-state index contributed by atoms with van der Waals surface area (Å²) in [5.74, 6) is 0. The van der Waals surface area contributed by atoms with Crippen molar-refractivity contribution in [2.45, 2.75) is 49.1 Å². The number of halogens is 2. The highest BCUT2D eigenvalue weighted by atomic mass is 35.5. The molecule has 1 aromatic rings. The van der Waals surface area contributed by atoms with E-state index in [9.17, 15) is 13.5 Å². The summed E-state index contributed by atoms with van der Waals surface area (Å²) >= 11 is 12.6. The van der Waals surface area contributed by atoms with Crippen LogP contribution in [0.5, 0.6) is 0 Å². The number of sulfonamides is 1. The topological polar surface area (TPSA) is 66.4 Å². The number of rotatable bonds is 3. The fourth-order valence-corrected chi connectivity index (χ4v) is 5.65. The predicted octanol–water partition coefficient (Wildman–Crippen LogP) is 3.03. The van der Waals surface area contributed by atoms with E-state index < -0.39 is 22.2 Å². The van der Waals surface area contributed by atoms with Crippen molar-refractivity contribution in [3.8, 4) is 0 Å². The number of aliphatic hydroxyl groups excluding tert-OH is 1. The van der Waals surface area contributed by atoms with Gasteiger partial charge >= 0.3 is 0 Å². The summed E-state index contributed by atoms with van der Waals surface area (Å²) in [5, 5.41) is 9.95. The summed E-state index contributed by atoms with van der Waals surface area (Å²) in [7, 11) is -3.73. The molecule has 19 heavy (non-hydrogen) atoms. The highest BCUT2D eigenvalue weighted by Crippen LogP contribution is 2.34. The van der Waals surface area contributed by atoms with Crippen molar-refractivity contribution in [1.29, 1.82) is 0 Å². The van der Waals surface area contributed by atoms with Crippen LogP contribution in [-0.2, 0) is 10.0 Å². The molecule has 0 saturated heterocycles. The number of thiophene rings is 1. The lowest BCUT2D eigenvalue weighted by Crippen LogP contribution is -2.42. The zero-order valence-corrected chi connectivity index (χ0v) is 13.2. The van der Waals surface area contributed by atoms with Gasteiger partial charge in [0, 0.05) is 6.04 Å². The standard InChI is InChI=1S/C11H15Cl2NO3S2/c12-10-6-9(11(13)18-10)19(16,17)14-7-4-2-1-3-5-8(7)15/h6-8,14-15H,1-5H2. The third kappa shape index (κ3) is 3.83. The van der Waals surface area contributed by atoms with Crippen LogP contribution in [0.2, 0.25) is 8.67 Å². The predicted molar refractivity (Wildman–Crippen MR) is 77.5 cm³/mol. The molecule has 0 aliphatic heterocycles. The largest absolute Gasteiger partial charge is 0.391 e. The Balaban J connectivity index is 2.18. The fraction of sp³-hybridized carbons (Fsp3) is 0.636. The summed E-state index contributed by atoms with van der Waals surface area (Å²) < 4.78 is 27.5. The zero-order valence-electron chi connectivity index (χ0n) is 10.1. The van der Waals surface area contributed by atoms with Crippen molar-refractivity contribution < 1.29 is 13.5 Å². The third-order valence-electron chi connectivity index (χ3n) is 3.20. The Hall–Kier alpha value is 0.150. The molecule has 2 N–H and O–H groups in total. The molecule has 2 rings (SSSR count). The van der Waals surface area contributed by atoms with Crippen LogP contribution in [0.1, 0.15) is 32.1 Å². The maximum atomic E-state index is 12.2. The third-order valence-corrected chi connectivity index (χ3v) is 6.44. The lowest BCUT2D eigenvalue weighted by Gasteiger charge is -2.21.